The summed E-state index contributed by atoms with van der Waals surface area (Å²) in [4.78, 5) is 13.7. The van der Waals surface area contributed by atoms with Crippen molar-refractivity contribution in [3.05, 3.63) is 88.3 Å². The molecule has 0 aliphatic carbocycles. The van der Waals surface area contributed by atoms with Gasteiger partial charge in [0.1, 0.15) is 10.6 Å². The predicted molar refractivity (Wildman–Crippen MR) is 115 cm³/mol. The number of aromatic nitrogens is 1. The van der Waals surface area contributed by atoms with Crippen molar-refractivity contribution in [2.45, 2.75) is 0 Å². The molecule has 0 spiro atoms. The molecule has 0 unspecified atom stereocenters. The Kier molecular flexibility index (Phi) is 5.19. The van der Waals surface area contributed by atoms with Crippen LogP contribution < -0.4 is 10.1 Å². The van der Waals surface area contributed by atoms with Crippen LogP contribution >= 0.6 is 22.9 Å². The smallest absolute Gasteiger partial charge is 0.267 e. The van der Waals surface area contributed by atoms with E-state index in [-0.39, 0.29) is 5.91 Å². The molecule has 0 fully saturated rings. The lowest BCUT2D eigenvalue weighted by Crippen LogP contribution is -2.13. The van der Waals surface area contributed by atoms with Gasteiger partial charge in [-0.15, -0.1) is 11.3 Å². The van der Waals surface area contributed by atoms with Crippen molar-refractivity contribution in [3.8, 4) is 22.6 Å². The van der Waals surface area contributed by atoms with Crippen LogP contribution in [-0.2, 0) is 0 Å². The molecule has 2 heterocycles. The van der Waals surface area contributed by atoms with Gasteiger partial charge in [0, 0.05) is 29.0 Å². The maximum absolute atomic E-state index is 13.1. The number of halogens is 1. The maximum Gasteiger partial charge on any atom is 0.267 e. The third-order valence-electron chi connectivity index (χ3n) is 4.33. The number of benzene rings is 2. The van der Waals surface area contributed by atoms with Gasteiger partial charge in [0.05, 0.1) is 17.8 Å². The van der Waals surface area contributed by atoms with E-state index < -0.39 is 0 Å². The summed E-state index contributed by atoms with van der Waals surface area (Å²) in [6, 6.07) is 19.1. The van der Waals surface area contributed by atoms with Crippen molar-refractivity contribution in [3.63, 3.8) is 0 Å². The van der Waals surface area contributed by atoms with Gasteiger partial charge in [-0.25, -0.2) is 0 Å². The van der Waals surface area contributed by atoms with Crippen LogP contribution in [0.3, 0.4) is 0 Å². The van der Waals surface area contributed by atoms with Gasteiger partial charge in [0.15, 0.2) is 0 Å². The Morgan fingerprint density at radius 2 is 1.82 bits per heavy atom. The van der Waals surface area contributed by atoms with Crippen molar-refractivity contribution in [2.24, 2.45) is 0 Å². The van der Waals surface area contributed by atoms with E-state index in [1.54, 1.807) is 25.3 Å². The first-order chi connectivity index (χ1) is 13.7. The Morgan fingerprint density at radius 1 is 1.07 bits per heavy atom. The summed E-state index contributed by atoms with van der Waals surface area (Å²) in [5.74, 6) is 0.382. The molecule has 2 aromatic carbocycles. The summed E-state index contributed by atoms with van der Waals surface area (Å²) in [5, 5.41) is 5.40. The van der Waals surface area contributed by atoms with Crippen LogP contribution in [0.15, 0.2) is 78.4 Å². The quantitative estimate of drug-likeness (QED) is 0.432. The normalized spacial score (nSPS) is 10.6. The fourth-order valence-corrected chi connectivity index (χ4v) is 4.23. The molecule has 0 aliphatic rings. The van der Waals surface area contributed by atoms with Gasteiger partial charge in [-0.3, -0.25) is 4.79 Å². The topological polar surface area (TPSA) is 43.3 Å². The molecule has 28 heavy (non-hydrogen) atoms. The molecule has 0 aliphatic heterocycles. The molecule has 1 N–H and O–H groups in total. The first-order valence-electron chi connectivity index (χ1n) is 8.62. The second-order valence-corrected chi connectivity index (χ2v) is 7.37. The van der Waals surface area contributed by atoms with E-state index in [1.165, 1.54) is 11.3 Å². The van der Waals surface area contributed by atoms with Gasteiger partial charge in [-0.05, 0) is 35.9 Å². The van der Waals surface area contributed by atoms with E-state index in [0.717, 1.165) is 16.8 Å². The SMILES string of the molecule is COc1ccc(NC(=O)c2scc(-c3ccccc3)c2-n2cccc2)cc1Cl. The van der Waals surface area contributed by atoms with E-state index in [9.17, 15) is 4.79 Å². The number of rotatable bonds is 5. The van der Waals surface area contributed by atoms with Crippen LogP contribution in [0.25, 0.3) is 16.8 Å². The average Bonchev–Trinajstić information content (AvgIpc) is 3.38. The number of methoxy groups -OCH3 is 1. The van der Waals surface area contributed by atoms with Crippen LogP contribution in [0.1, 0.15) is 9.67 Å². The number of hydrogen-bond acceptors (Lipinski definition) is 3. The Morgan fingerprint density at radius 3 is 2.50 bits per heavy atom. The molecule has 0 bridgehead atoms. The van der Waals surface area contributed by atoms with Crippen molar-refractivity contribution < 1.29 is 9.53 Å². The Labute approximate surface area is 172 Å². The van der Waals surface area contributed by atoms with Crippen molar-refractivity contribution >= 4 is 34.5 Å². The summed E-state index contributed by atoms with van der Waals surface area (Å²) in [6.45, 7) is 0. The van der Waals surface area contributed by atoms with E-state index in [2.05, 4.69) is 5.32 Å². The van der Waals surface area contributed by atoms with E-state index in [0.29, 0.717) is 21.3 Å². The lowest BCUT2D eigenvalue weighted by Gasteiger charge is -2.11. The molecular formula is C22H17ClN2O2S. The first kappa shape index (κ1) is 18.3. The number of thiophene rings is 1. The highest BCUT2D eigenvalue weighted by Gasteiger charge is 2.20. The number of anilines is 1. The second-order valence-electron chi connectivity index (χ2n) is 6.09. The molecule has 4 rings (SSSR count). The molecule has 6 heteroatoms. The zero-order valence-corrected chi connectivity index (χ0v) is 16.6. The van der Waals surface area contributed by atoms with E-state index in [4.69, 9.17) is 16.3 Å². The number of nitrogens with one attached hydrogen (secondary N) is 1. The van der Waals surface area contributed by atoms with Gasteiger partial charge in [0.25, 0.3) is 5.91 Å². The number of ether oxygens (including phenoxy) is 1. The molecular weight excluding hydrogens is 392 g/mol. The average molecular weight is 409 g/mol. The third-order valence-corrected chi connectivity index (χ3v) is 5.59. The van der Waals surface area contributed by atoms with Crippen LogP contribution in [-0.4, -0.2) is 17.6 Å². The maximum atomic E-state index is 13.1. The number of carbonyl (C=O) groups excluding carboxylic acids is 1. The first-order valence-corrected chi connectivity index (χ1v) is 9.88. The summed E-state index contributed by atoms with van der Waals surface area (Å²) in [6.07, 6.45) is 3.88. The molecule has 1 amide bonds. The van der Waals surface area contributed by atoms with Crippen LogP contribution in [0, 0.1) is 0 Å². The zero-order chi connectivity index (χ0) is 19.5. The Balaban J connectivity index is 1.72. The lowest BCUT2D eigenvalue weighted by atomic mass is 10.1. The van der Waals surface area contributed by atoms with Gasteiger partial charge < -0.3 is 14.6 Å². The largest absolute Gasteiger partial charge is 0.495 e. The molecule has 0 saturated heterocycles. The highest BCUT2D eigenvalue weighted by molar-refractivity contribution is 7.13. The van der Waals surface area contributed by atoms with Crippen LogP contribution in [0.5, 0.6) is 5.75 Å². The minimum atomic E-state index is -0.183. The number of hydrogen-bond donors (Lipinski definition) is 1. The van der Waals surface area contributed by atoms with Crippen molar-refractivity contribution in [1.29, 1.82) is 0 Å². The van der Waals surface area contributed by atoms with E-state index in [1.807, 2.05) is 64.8 Å². The summed E-state index contributed by atoms with van der Waals surface area (Å²) in [5.41, 5.74) is 3.55. The highest BCUT2D eigenvalue weighted by Crippen LogP contribution is 2.36. The Hall–Kier alpha value is -3.02. The second kappa shape index (κ2) is 7.92. The zero-order valence-electron chi connectivity index (χ0n) is 15.1. The minimum Gasteiger partial charge on any atom is -0.495 e. The minimum absolute atomic E-state index is 0.183. The summed E-state index contributed by atoms with van der Waals surface area (Å²) in [7, 11) is 1.56. The molecule has 0 radical (unpaired) electrons. The Bertz CT molecular complexity index is 1110. The monoisotopic (exact) mass is 408 g/mol. The highest BCUT2D eigenvalue weighted by atomic mass is 35.5. The summed E-state index contributed by atoms with van der Waals surface area (Å²) >= 11 is 7.60. The fraction of sp³-hybridized carbons (Fsp3) is 0.0455. The molecule has 140 valence electrons. The standard InChI is InChI=1S/C22H17ClN2O2S/c1-27-19-10-9-16(13-18(19)23)24-22(26)21-20(25-11-5-6-12-25)17(14-28-21)15-7-3-2-4-8-15/h2-14H,1H3,(H,24,26). The summed E-state index contributed by atoms with van der Waals surface area (Å²) < 4.78 is 7.13. The van der Waals surface area contributed by atoms with Gasteiger partial charge >= 0.3 is 0 Å². The lowest BCUT2D eigenvalue weighted by molar-refractivity contribution is 0.103. The molecule has 0 saturated carbocycles. The van der Waals surface area contributed by atoms with Crippen LogP contribution in [0.2, 0.25) is 5.02 Å². The van der Waals surface area contributed by atoms with Gasteiger partial charge in [0.2, 0.25) is 0 Å². The molecule has 4 aromatic rings. The fourth-order valence-electron chi connectivity index (χ4n) is 3.01. The van der Waals surface area contributed by atoms with Crippen molar-refractivity contribution in [2.75, 3.05) is 12.4 Å². The molecule has 4 nitrogen and oxygen atoms in total. The molecule has 2 aromatic heterocycles. The van der Waals surface area contributed by atoms with E-state index >= 15 is 0 Å². The number of carbonyl (C=O) groups is 1. The van der Waals surface area contributed by atoms with Gasteiger partial charge in [-0.1, -0.05) is 41.9 Å². The van der Waals surface area contributed by atoms with Crippen molar-refractivity contribution in [1.82, 2.24) is 4.57 Å². The number of nitrogens with zero attached hydrogens (tertiary/aromatic N) is 1. The third kappa shape index (κ3) is 3.54. The molecule has 0 atom stereocenters. The number of amides is 1. The van der Waals surface area contributed by atoms with Gasteiger partial charge in [-0.2, -0.15) is 0 Å². The van der Waals surface area contributed by atoms with Crippen LogP contribution in [0.4, 0.5) is 5.69 Å². The predicted octanol–water partition coefficient (Wildman–Crippen LogP) is 6.12.